The molecule has 0 aromatic heterocycles. The average molecular weight is 168 g/mol. The first-order chi connectivity index (χ1) is 5.54. The minimum Gasteiger partial charge on any atom is -0.481 e. The number of hydrogen-bond acceptors (Lipinski definition) is 1. The van der Waals surface area contributed by atoms with Crippen molar-refractivity contribution in [1.29, 1.82) is 0 Å². The number of carboxylic acid groups (broad SMARTS) is 1. The lowest BCUT2D eigenvalue weighted by Crippen LogP contribution is -2.25. The van der Waals surface area contributed by atoms with Crippen LogP contribution >= 0.6 is 0 Å². The summed E-state index contributed by atoms with van der Waals surface area (Å²) in [6.45, 7) is 10.9. The summed E-state index contributed by atoms with van der Waals surface area (Å²) in [6.07, 6.45) is 3.33. The molecule has 0 aromatic carbocycles. The van der Waals surface area contributed by atoms with Crippen LogP contribution in [0.2, 0.25) is 0 Å². The lowest BCUT2D eigenvalue weighted by Gasteiger charge is -2.20. The quantitative estimate of drug-likeness (QED) is 0.640. The van der Waals surface area contributed by atoms with E-state index in [1.165, 1.54) is 0 Å². The van der Waals surface area contributed by atoms with Gasteiger partial charge in [0.1, 0.15) is 0 Å². The summed E-state index contributed by atoms with van der Waals surface area (Å²) in [7, 11) is 0. The van der Waals surface area contributed by atoms with Gasteiger partial charge < -0.3 is 5.11 Å². The number of carbonyl (C=O) groups is 1. The molecule has 0 rings (SSSR count). The van der Waals surface area contributed by atoms with Crippen LogP contribution in [0.5, 0.6) is 0 Å². The van der Waals surface area contributed by atoms with E-state index in [4.69, 9.17) is 5.11 Å². The highest BCUT2D eigenvalue weighted by Gasteiger charge is 2.26. The highest BCUT2D eigenvalue weighted by atomic mass is 16.4. The van der Waals surface area contributed by atoms with Crippen LogP contribution in [0.3, 0.4) is 0 Å². The van der Waals surface area contributed by atoms with Gasteiger partial charge in [-0.2, -0.15) is 0 Å². The van der Waals surface area contributed by atoms with Crippen LogP contribution < -0.4 is 0 Å². The van der Waals surface area contributed by atoms with Crippen molar-refractivity contribution in [3.05, 3.63) is 25.3 Å². The summed E-state index contributed by atoms with van der Waals surface area (Å²) >= 11 is 0. The molecule has 1 N–H and O–H groups in total. The fraction of sp³-hybridized carbons (Fsp3) is 0.500. The smallest absolute Gasteiger partial charge is 0.307 e. The highest BCUT2D eigenvalue weighted by molar-refractivity contribution is 5.71. The molecule has 0 radical (unpaired) electrons. The first-order valence-corrected chi connectivity index (χ1v) is 4.02. The zero-order valence-electron chi connectivity index (χ0n) is 7.66. The van der Waals surface area contributed by atoms with E-state index in [1.54, 1.807) is 12.2 Å². The van der Waals surface area contributed by atoms with Gasteiger partial charge in [0, 0.05) is 0 Å². The maximum Gasteiger partial charge on any atom is 0.307 e. The van der Waals surface area contributed by atoms with Crippen molar-refractivity contribution in [2.45, 2.75) is 13.8 Å². The van der Waals surface area contributed by atoms with E-state index in [0.717, 1.165) is 0 Å². The first kappa shape index (κ1) is 11.0. The predicted molar refractivity (Wildman–Crippen MR) is 49.8 cm³/mol. The van der Waals surface area contributed by atoms with E-state index in [0.29, 0.717) is 0 Å². The van der Waals surface area contributed by atoms with Gasteiger partial charge in [-0.3, -0.25) is 4.79 Å². The van der Waals surface area contributed by atoms with E-state index in [2.05, 4.69) is 13.2 Å². The molecule has 0 saturated heterocycles. The molecule has 2 nitrogen and oxygen atoms in total. The Balaban J connectivity index is 4.52. The van der Waals surface area contributed by atoms with E-state index in [1.807, 2.05) is 13.8 Å². The van der Waals surface area contributed by atoms with Crippen molar-refractivity contribution in [2.24, 2.45) is 17.8 Å². The summed E-state index contributed by atoms with van der Waals surface area (Å²) < 4.78 is 0. The average Bonchev–Trinajstić information content (AvgIpc) is 2.03. The maximum absolute atomic E-state index is 10.8. The Morgan fingerprint density at radius 1 is 1.25 bits per heavy atom. The molecular weight excluding hydrogens is 152 g/mol. The van der Waals surface area contributed by atoms with E-state index >= 15 is 0 Å². The second-order valence-electron chi connectivity index (χ2n) is 3.05. The molecule has 2 atom stereocenters. The minimum absolute atomic E-state index is 0.0181. The van der Waals surface area contributed by atoms with Gasteiger partial charge in [-0.25, -0.2) is 0 Å². The first-order valence-electron chi connectivity index (χ1n) is 4.02. The summed E-state index contributed by atoms with van der Waals surface area (Å²) in [5.74, 6) is -1.22. The van der Waals surface area contributed by atoms with E-state index < -0.39 is 11.9 Å². The molecule has 0 aliphatic rings. The van der Waals surface area contributed by atoms with Gasteiger partial charge in [0.2, 0.25) is 0 Å². The SMILES string of the molecule is C=CC(C)C(C(=O)O)C(C)C=C. The highest BCUT2D eigenvalue weighted by Crippen LogP contribution is 2.22. The molecule has 0 aliphatic heterocycles. The lowest BCUT2D eigenvalue weighted by molar-refractivity contribution is -0.144. The Labute approximate surface area is 73.6 Å². The summed E-state index contributed by atoms with van der Waals surface area (Å²) in [5, 5.41) is 8.88. The van der Waals surface area contributed by atoms with Gasteiger partial charge in [0.25, 0.3) is 0 Å². The number of rotatable bonds is 5. The Hall–Kier alpha value is -1.05. The molecule has 0 heterocycles. The lowest BCUT2D eigenvalue weighted by atomic mass is 9.83. The molecule has 0 spiro atoms. The van der Waals surface area contributed by atoms with E-state index in [9.17, 15) is 4.79 Å². The van der Waals surface area contributed by atoms with Crippen molar-refractivity contribution >= 4 is 5.97 Å². The Kier molecular flexibility index (Phi) is 4.34. The Bertz CT molecular complexity index is 170. The van der Waals surface area contributed by atoms with Crippen molar-refractivity contribution in [2.75, 3.05) is 0 Å². The van der Waals surface area contributed by atoms with Crippen molar-refractivity contribution in [3.8, 4) is 0 Å². The monoisotopic (exact) mass is 168 g/mol. The third kappa shape index (κ3) is 2.53. The number of allylic oxidation sites excluding steroid dienone is 2. The molecule has 0 bridgehead atoms. The fourth-order valence-electron chi connectivity index (χ4n) is 1.22. The standard InChI is InChI=1S/C10H16O2/c1-5-7(3)9(10(11)12)8(4)6-2/h5-9H,1-2H2,3-4H3,(H,11,12). The van der Waals surface area contributed by atoms with E-state index in [-0.39, 0.29) is 11.8 Å². The van der Waals surface area contributed by atoms with Gasteiger partial charge in [-0.15, -0.1) is 13.2 Å². The largest absolute Gasteiger partial charge is 0.481 e. The van der Waals surface area contributed by atoms with Crippen LogP contribution in [0.4, 0.5) is 0 Å². The topological polar surface area (TPSA) is 37.3 Å². The zero-order valence-corrected chi connectivity index (χ0v) is 7.66. The van der Waals surface area contributed by atoms with Gasteiger partial charge in [0.15, 0.2) is 0 Å². The predicted octanol–water partition coefficient (Wildman–Crippen LogP) is 2.33. The van der Waals surface area contributed by atoms with Crippen LogP contribution in [0, 0.1) is 17.8 Å². The van der Waals surface area contributed by atoms with Crippen LogP contribution in [-0.2, 0) is 4.79 Å². The molecule has 0 fully saturated rings. The molecule has 68 valence electrons. The second kappa shape index (κ2) is 4.75. The van der Waals surface area contributed by atoms with Gasteiger partial charge in [0.05, 0.1) is 5.92 Å². The molecule has 2 heteroatoms. The van der Waals surface area contributed by atoms with Gasteiger partial charge in [-0.1, -0.05) is 26.0 Å². The van der Waals surface area contributed by atoms with Crippen LogP contribution in [-0.4, -0.2) is 11.1 Å². The molecular formula is C10H16O2. The fourth-order valence-corrected chi connectivity index (χ4v) is 1.22. The van der Waals surface area contributed by atoms with Crippen molar-refractivity contribution < 1.29 is 9.90 Å². The third-order valence-corrected chi connectivity index (χ3v) is 2.16. The van der Waals surface area contributed by atoms with Gasteiger partial charge >= 0.3 is 5.97 Å². The molecule has 0 saturated carbocycles. The number of carboxylic acids is 1. The van der Waals surface area contributed by atoms with Crippen LogP contribution in [0.25, 0.3) is 0 Å². The molecule has 2 unspecified atom stereocenters. The van der Waals surface area contributed by atoms with Crippen LogP contribution in [0.15, 0.2) is 25.3 Å². The van der Waals surface area contributed by atoms with Crippen molar-refractivity contribution in [3.63, 3.8) is 0 Å². The zero-order chi connectivity index (χ0) is 9.72. The second-order valence-corrected chi connectivity index (χ2v) is 3.05. The summed E-state index contributed by atoms with van der Waals surface area (Å²) in [6, 6.07) is 0. The number of aliphatic carboxylic acids is 1. The third-order valence-electron chi connectivity index (χ3n) is 2.16. The molecule has 0 aromatic rings. The molecule has 12 heavy (non-hydrogen) atoms. The molecule has 0 aliphatic carbocycles. The normalized spacial score (nSPS) is 17.5. The Morgan fingerprint density at radius 2 is 1.58 bits per heavy atom. The van der Waals surface area contributed by atoms with Crippen molar-refractivity contribution in [1.82, 2.24) is 0 Å². The maximum atomic E-state index is 10.8. The number of hydrogen-bond donors (Lipinski definition) is 1. The summed E-state index contributed by atoms with van der Waals surface area (Å²) in [4.78, 5) is 10.8. The Morgan fingerprint density at radius 3 is 1.75 bits per heavy atom. The molecule has 0 amide bonds. The summed E-state index contributed by atoms with van der Waals surface area (Å²) in [5.41, 5.74) is 0. The van der Waals surface area contributed by atoms with Gasteiger partial charge in [-0.05, 0) is 11.8 Å². The minimum atomic E-state index is -0.783. The van der Waals surface area contributed by atoms with Crippen LogP contribution in [0.1, 0.15) is 13.8 Å².